The van der Waals surface area contributed by atoms with Gasteiger partial charge in [0.1, 0.15) is 0 Å². The highest BCUT2D eigenvalue weighted by molar-refractivity contribution is 5.92. The third kappa shape index (κ3) is 3.23. The van der Waals surface area contributed by atoms with Crippen LogP contribution >= 0.6 is 0 Å². The van der Waals surface area contributed by atoms with Gasteiger partial charge < -0.3 is 11.1 Å². The van der Waals surface area contributed by atoms with Crippen LogP contribution in [0.4, 0.5) is 5.69 Å². The number of nitrogens with one attached hydrogen (secondary N) is 1. The van der Waals surface area contributed by atoms with Crippen LogP contribution in [0, 0.1) is 0 Å². The Balaban J connectivity index is 2.24. The van der Waals surface area contributed by atoms with Crippen molar-refractivity contribution in [3.8, 4) is 0 Å². The quantitative estimate of drug-likeness (QED) is 0.843. The lowest BCUT2D eigenvalue weighted by molar-refractivity contribution is 0.1000. The van der Waals surface area contributed by atoms with E-state index in [2.05, 4.69) is 10.4 Å². The molecule has 2 aromatic rings. The maximum absolute atomic E-state index is 11.9. The number of rotatable bonds is 5. The van der Waals surface area contributed by atoms with E-state index in [0.717, 1.165) is 12.1 Å². The second-order valence-electron chi connectivity index (χ2n) is 4.34. The van der Waals surface area contributed by atoms with Crippen LogP contribution in [-0.4, -0.2) is 22.2 Å². The first-order valence-electron chi connectivity index (χ1n) is 6.30. The normalized spacial score (nSPS) is 10.2. The number of primary amides is 1. The molecular formula is C14H16N4O2. The van der Waals surface area contributed by atoms with Crippen LogP contribution in [0.2, 0.25) is 0 Å². The van der Waals surface area contributed by atoms with E-state index < -0.39 is 5.91 Å². The molecule has 0 aliphatic carbocycles. The number of nitrogens with zero attached hydrogens (tertiary/aromatic N) is 2. The number of benzene rings is 1. The van der Waals surface area contributed by atoms with Gasteiger partial charge in [0.25, 0.3) is 5.56 Å². The molecule has 104 valence electrons. The molecule has 1 aromatic carbocycles. The first kappa shape index (κ1) is 13.8. The molecule has 1 aromatic heterocycles. The van der Waals surface area contributed by atoms with Gasteiger partial charge in [0, 0.05) is 18.2 Å². The monoisotopic (exact) mass is 272 g/mol. The van der Waals surface area contributed by atoms with E-state index in [1.165, 1.54) is 10.7 Å². The van der Waals surface area contributed by atoms with Crippen LogP contribution in [0.15, 0.2) is 41.3 Å². The molecule has 3 N–H and O–H groups in total. The van der Waals surface area contributed by atoms with Crippen molar-refractivity contribution < 1.29 is 4.79 Å². The Kier molecular flexibility index (Phi) is 4.14. The third-order valence-electron chi connectivity index (χ3n) is 2.79. The zero-order valence-corrected chi connectivity index (χ0v) is 11.2. The van der Waals surface area contributed by atoms with Gasteiger partial charge in [-0.15, -0.1) is 0 Å². The summed E-state index contributed by atoms with van der Waals surface area (Å²) in [5.74, 6) is -0.491. The van der Waals surface area contributed by atoms with Crippen molar-refractivity contribution in [1.82, 2.24) is 9.78 Å². The Labute approximate surface area is 116 Å². The van der Waals surface area contributed by atoms with Gasteiger partial charge in [-0.2, -0.15) is 5.10 Å². The summed E-state index contributed by atoms with van der Waals surface area (Å²) in [6, 6.07) is 8.34. The van der Waals surface area contributed by atoms with E-state index in [0.29, 0.717) is 17.8 Å². The minimum absolute atomic E-state index is 0.201. The molecule has 0 aliphatic rings. The van der Waals surface area contributed by atoms with Crippen molar-refractivity contribution >= 4 is 11.6 Å². The number of aromatic nitrogens is 2. The molecular weight excluding hydrogens is 256 g/mol. The lowest BCUT2D eigenvalue weighted by atomic mass is 10.1. The van der Waals surface area contributed by atoms with Crippen LogP contribution in [0.5, 0.6) is 0 Å². The van der Waals surface area contributed by atoms with Crippen molar-refractivity contribution in [1.29, 1.82) is 0 Å². The van der Waals surface area contributed by atoms with Crippen LogP contribution < -0.4 is 16.6 Å². The summed E-state index contributed by atoms with van der Waals surface area (Å²) >= 11 is 0. The van der Waals surface area contributed by atoms with Crippen molar-refractivity contribution in [3.63, 3.8) is 0 Å². The number of nitrogens with two attached hydrogens (primary N) is 1. The van der Waals surface area contributed by atoms with Gasteiger partial charge in [-0.1, -0.05) is 12.1 Å². The lowest BCUT2D eigenvalue weighted by Crippen LogP contribution is -2.23. The molecule has 0 bridgehead atoms. The molecule has 0 atom stereocenters. The molecule has 0 saturated heterocycles. The standard InChI is InChI=1S/C14H16N4O2/c1-2-16-12-7-13(19)18(17-8-12)9-10-4-3-5-11(6-10)14(15)20/h3-8,16H,2,9H2,1H3,(H2,15,20). The Morgan fingerprint density at radius 2 is 2.20 bits per heavy atom. The summed E-state index contributed by atoms with van der Waals surface area (Å²) in [5, 5.41) is 7.12. The van der Waals surface area contributed by atoms with Gasteiger partial charge >= 0.3 is 0 Å². The average molecular weight is 272 g/mol. The van der Waals surface area contributed by atoms with Crippen molar-refractivity contribution in [2.45, 2.75) is 13.5 Å². The second-order valence-corrected chi connectivity index (χ2v) is 4.34. The van der Waals surface area contributed by atoms with E-state index >= 15 is 0 Å². The van der Waals surface area contributed by atoms with Gasteiger partial charge in [0.05, 0.1) is 18.4 Å². The molecule has 20 heavy (non-hydrogen) atoms. The largest absolute Gasteiger partial charge is 0.384 e. The molecule has 0 fully saturated rings. The molecule has 1 heterocycles. The van der Waals surface area contributed by atoms with E-state index in [1.54, 1.807) is 24.4 Å². The first-order valence-corrected chi connectivity index (χ1v) is 6.30. The fourth-order valence-corrected chi connectivity index (χ4v) is 1.85. The summed E-state index contributed by atoms with van der Waals surface area (Å²) < 4.78 is 1.33. The molecule has 0 spiro atoms. The summed E-state index contributed by atoms with van der Waals surface area (Å²) in [6.07, 6.45) is 1.60. The summed E-state index contributed by atoms with van der Waals surface area (Å²) in [6.45, 7) is 2.97. The van der Waals surface area contributed by atoms with E-state index in [1.807, 2.05) is 13.0 Å². The Hall–Kier alpha value is -2.63. The van der Waals surface area contributed by atoms with Gasteiger partial charge in [-0.25, -0.2) is 4.68 Å². The molecule has 0 saturated carbocycles. The van der Waals surface area contributed by atoms with Crippen molar-refractivity contribution in [2.75, 3.05) is 11.9 Å². The third-order valence-corrected chi connectivity index (χ3v) is 2.79. The molecule has 0 aliphatic heterocycles. The highest BCUT2D eigenvalue weighted by atomic mass is 16.1. The number of amides is 1. The molecule has 1 amide bonds. The Bertz CT molecular complexity index is 679. The van der Waals surface area contributed by atoms with E-state index in [9.17, 15) is 9.59 Å². The fraction of sp³-hybridized carbons (Fsp3) is 0.214. The predicted octanol–water partition coefficient (Wildman–Crippen LogP) is 0.822. The highest BCUT2D eigenvalue weighted by Gasteiger charge is 2.04. The number of anilines is 1. The minimum Gasteiger partial charge on any atom is -0.384 e. The molecule has 0 unspecified atom stereocenters. The lowest BCUT2D eigenvalue weighted by Gasteiger charge is -2.07. The van der Waals surface area contributed by atoms with Gasteiger partial charge in [-0.05, 0) is 24.6 Å². The van der Waals surface area contributed by atoms with Crippen LogP contribution in [0.3, 0.4) is 0 Å². The zero-order chi connectivity index (χ0) is 14.5. The van der Waals surface area contributed by atoms with Crippen molar-refractivity contribution in [2.24, 2.45) is 5.73 Å². The number of carbonyl (C=O) groups is 1. The van der Waals surface area contributed by atoms with Gasteiger partial charge in [0.15, 0.2) is 0 Å². The summed E-state index contributed by atoms with van der Waals surface area (Å²) in [7, 11) is 0. The predicted molar refractivity (Wildman–Crippen MR) is 76.7 cm³/mol. The number of carbonyl (C=O) groups excluding carboxylic acids is 1. The SMILES string of the molecule is CCNc1cnn(Cc2cccc(C(N)=O)c2)c(=O)c1. The molecule has 2 rings (SSSR count). The van der Waals surface area contributed by atoms with Crippen LogP contribution in [0.1, 0.15) is 22.8 Å². The summed E-state index contributed by atoms with van der Waals surface area (Å²) in [5.41, 5.74) is 6.94. The van der Waals surface area contributed by atoms with Crippen LogP contribution in [-0.2, 0) is 6.54 Å². The number of hydrogen-bond acceptors (Lipinski definition) is 4. The molecule has 6 heteroatoms. The summed E-state index contributed by atoms with van der Waals surface area (Å²) in [4.78, 5) is 23.0. The smallest absolute Gasteiger partial charge is 0.269 e. The van der Waals surface area contributed by atoms with Crippen molar-refractivity contribution in [3.05, 3.63) is 58.0 Å². The molecule has 6 nitrogen and oxygen atoms in total. The minimum atomic E-state index is -0.491. The van der Waals surface area contributed by atoms with E-state index in [4.69, 9.17) is 5.73 Å². The molecule has 0 radical (unpaired) electrons. The Morgan fingerprint density at radius 3 is 2.85 bits per heavy atom. The van der Waals surface area contributed by atoms with E-state index in [-0.39, 0.29) is 5.56 Å². The maximum Gasteiger partial charge on any atom is 0.269 e. The topological polar surface area (TPSA) is 90.0 Å². The fourth-order valence-electron chi connectivity index (χ4n) is 1.85. The first-order chi connectivity index (χ1) is 9.60. The Morgan fingerprint density at radius 1 is 1.40 bits per heavy atom. The van der Waals surface area contributed by atoms with Crippen LogP contribution in [0.25, 0.3) is 0 Å². The maximum atomic E-state index is 11.9. The highest BCUT2D eigenvalue weighted by Crippen LogP contribution is 2.06. The average Bonchev–Trinajstić information content (AvgIpc) is 2.42. The second kappa shape index (κ2) is 6.01. The van der Waals surface area contributed by atoms with Gasteiger partial charge in [-0.3, -0.25) is 9.59 Å². The number of hydrogen-bond donors (Lipinski definition) is 2. The zero-order valence-electron chi connectivity index (χ0n) is 11.2. The van der Waals surface area contributed by atoms with Gasteiger partial charge in [0.2, 0.25) is 5.91 Å².